The highest BCUT2D eigenvalue weighted by Gasteiger charge is 2.56. The molecule has 1 heterocycles. The van der Waals surface area contributed by atoms with E-state index in [-0.39, 0.29) is 17.0 Å². The number of hydrogen-bond donors (Lipinski definition) is 1. The minimum Gasteiger partial charge on any atom is -0.324 e. The second kappa shape index (κ2) is 11.0. The molecule has 3 heteroatoms. The number of amidine groups is 2. The van der Waals surface area contributed by atoms with Crippen LogP contribution in [0.25, 0.3) is 5.57 Å². The van der Waals surface area contributed by atoms with Crippen LogP contribution in [0.2, 0.25) is 0 Å². The first kappa shape index (κ1) is 28.5. The predicted molar refractivity (Wildman–Crippen MR) is 197 cm³/mol. The zero-order chi connectivity index (χ0) is 31.7. The summed E-state index contributed by atoms with van der Waals surface area (Å²) in [6.07, 6.45) is 18.4. The standard InChI is InChI=1S/C45H43N3/c1-5-16-30(17-6-1)41-46-42(31-18-7-2-8-19-31)48-43(47-41)33-21-15-23-37-40(33)35-28-34-32-20-9-10-22-36(32)44(24-11-3-12-25-44)38(34)29-39(35)45(37)26-13-4-14-27-45/h1-2,5-10,15-23,28-29,34,38,41H,3-4,11-14,24-27H2,(H,46,47,48). The molecule has 0 amide bonds. The van der Waals surface area contributed by atoms with Crippen molar-refractivity contribution < 1.29 is 0 Å². The van der Waals surface area contributed by atoms with Crippen molar-refractivity contribution in [3.8, 4) is 0 Å². The second-order valence-electron chi connectivity index (χ2n) is 15.1. The first-order valence-electron chi connectivity index (χ1n) is 18.5. The molecule has 3 nitrogen and oxygen atoms in total. The van der Waals surface area contributed by atoms with Crippen molar-refractivity contribution in [1.29, 1.82) is 0 Å². The highest BCUT2D eigenvalue weighted by Crippen LogP contribution is 2.66. The van der Waals surface area contributed by atoms with Gasteiger partial charge in [0, 0.05) is 27.9 Å². The molecule has 1 N–H and O–H groups in total. The minimum atomic E-state index is -0.300. The summed E-state index contributed by atoms with van der Waals surface area (Å²) in [5.41, 5.74) is 13.1. The number of fused-ring (bicyclic) bond motifs is 10. The molecule has 2 saturated carbocycles. The van der Waals surface area contributed by atoms with Crippen LogP contribution in [0.15, 0.2) is 131 Å². The number of nitrogens with zero attached hydrogens (tertiary/aromatic N) is 2. The van der Waals surface area contributed by atoms with Crippen molar-refractivity contribution >= 4 is 17.2 Å². The van der Waals surface area contributed by atoms with Crippen molar-refractivity contribution in [2.24, 2.45) is 15.9 Å². The van der Waals surface area contributed by atoms with Gasteiger partial charge in [0.1, 0.15) is 11.7 Å². The van der Waals surface area contributed by atoms with Crippen LogP contribution in [0.1, 0.15) is 115 Å². The molecule has 48 heavy (non-hydrogen) atoms. The smallest absolute Gasteiger partial charge is 0.169 e. The molecule has 3 atom stereocenters. The Morgan fingerprint density at radius 2 is 1.25 bits per heavy atom. The quantitative estimate of drug-likeness (QED) is 0.242. The SMILES string of the molecule is C1=C2C(=CC3C1c1ccccc1C31CCCCC1)C1(CCCCC1)c1cccc(C3=NC(c4ccccc4)N=C(c4ccccc4)N3)c12. The summed E-state index contributed by atoms with van der Waals surface area (Å²) in [6, 6.07) is 37.7. The monoisotopic (exact) mass is 625 g/mol. The molecular weight excluding hydrogens is 583 g/mol. The fourth-order valence-electron chi connectivity index (χ4n) is 10.8. The first-order chi connectivity index (χ1) is 23.8. The molecule has 0 radical (unpaired) electrons. The van der Waals surface area contributed by atoms with Gasteiger partial charge in [-0.05, 0) is 70.6 Å². The Bertz CT molecular complexity index is 2020. The van der Waals surface area contributed by atoms with E-state index in [9.17, 15) is 0 Å². The van der Waals surface area contributed by atoms with Crippen molar-refractivity contribution in [2.45, 2.75) is 87.1 Å². The fraction of sp³-hybridized carbons (Fsp3) is 0.333. The zero-order valence-electron chi connectivity index (χ0n) is 27.7. The number of allylic oxidation sites excluding steroid dienone is 4. The number of rotatable bonds is 3. The lowest BCUT2D eigenvalue weighted by atomic mass is 9.60. The van der Waals surface area contributed by atoms with Crippen LogP contribution in [0.3, 0.4) is 0 Å². The summed E-state index contributed by atoms with van der Waals surface area (Å²) in [5.74, 6) is 2.79. The van der Waals surface area contributed by atoms with E-state index in [2.05, 4.69) is 121 Å². The van der Waals surface area contributed by atoms with Gasteiger partial charge in [0.15, 0.2) is 6.17 Å². The van der Waals surface area contributed by atoms with E-state index < -0.39 is 0 Å². The Kier molecular flexibility index (Phi) is 6.54. The van der Waals surface area contributed by atoms with Gasteiger partial charge in [0.05, 0.1) is 0 Å². The van der Waals surface area contributed by atoms with Gasteiger partial charge >= 0.3 is 0 Å². The summed E-state index contributed by atoms with van der Waals surface area (Å²) in [4.78, 5) is 10.6. The molecule has 0 aromatic heterocycles. The Balaban J connectivity index is 1.17. The van der Waals surface area contributed by atoms with Gasteiger partial charge < -0.3 is 5.32 Å². The molecule has 4 aromatic rings. The Hall–Kier alpha value is -4.50. The molecule has 0 saturated heterocycles. The van der Waals surface area contributed by atoms with Crippen molar-refractivity contribution in [3.05, 3.63) is 160 Å². The van der Waals surface area contributed by atoms with Gasteiger partial charge in [-0.1, -0.05) is 154 Å². The van der Waals surface area contributed by atoms with Gasteiger partial charge in [0.25, 0.3) is 0 Å². The second-order valence-corrected chi connectivity index (χ2v) is 15.1. The van der Waals surface area contributed by atoms with Crippen LogP contribution in [-0.4, -0.2) is 11.7 Å². The van der Waals surface area contributed by atoms with Crippen molar-refractivity contribution in [1.82, 2.24) is 5.32 Å². The summed E-state index contributed by atoms with van der Waals surface area (Å²) >= 11 is 0. The van der Waals surface area contributed by atoms with Gasteiger partial charge in [-0.15, -0.1) is 0 Å². The number of hydrogen-bond acceptors (Lipinski definition) is 3. The van der Waals surface area contributed by atoms with Crippen molar-refractivity contribution in [2.75, 3.05) is 0 Å². The zero-order valence-corrected chi connectivity index (χ0v) is 27.7. The number of benzene rings is 4. The maximum Gasteiger partial charge on any atom is 0.169 e. The van der Waals surface area contributed by atoms with E-state index in [1.54, 1.807) is 16.7 Å². The van der Waals surface area contributed by atoms with Gasteiger partial charge in [-0.25, -0.2) is 9.98 Å². The molecule has 238 valence electrons. The minimum absolute atomic E-state index is 0.0927. The van der Waals surface area contributed by atoms with Crippen LogP contribution in [-0.2, 0) is 10.8 Å². The first-order valence-corrected chi connectivity index (χ1v) is 18.5. The molecule has 3 unspecified atom stereocenters. The molecule has 0 bridgehead atoms. The Morgan fingerprint density at radius 3 is 2.04 bits per heavy atom. The molecule has 10 rings (SSSR count). The Labute approximate surface area is 284 Å². The lowest BCUT2D eigenvalue weighted by Gasteiger charge is -2.43. The Morgan fingerprint density at radius 1 is 0.583 bits per heavy atom. The van der Waals surface area contributed by atoms with Crippen molar-refractivity contribution in [3.63, 3.8) is 0 Å². The topological polar surface area (TPSA) is 36.8 Å². The van der Waals surface area contributed by atoms with Gasteiger partial charge in [0.2, 0.25) is 0 Å². The molecule has 1 aliphatic heterocycles. The largest absolute Gasteiger partial charge is 0.324 e. The molecule has 5 aliphatic carbocycles. The maximum atomic E-state index is 5.39. The highest BCUT2D eigenvalue weighted by molar-refractivity contribution is 6.18. The van der Waals surface area contributed by atoms with Crippen LogP contribution in [0.5, 0.6) is 0 Å². The summed E-state index contributed by atoms with van der Waals surface area (Å²) in [6.45, 7) is 0. The third-order valence-electron chi connectivity index (χ3n) is 12.8. The van der Waals surface area contributed by atoms with E-state index in [0.29, 0.717) is 11.8 Å². The summed E-state index contributed by atoms with van der Waals surface area (Å²) in [5, 5.41) is 3.76. The van der Waals surface area contributed by atoms with E-state index in [1.165, 1.54) is 86.5 Å². The maximum absolute atomic E-state index is 5.39. The summed E-state index contributed by atoms with van der Waals surface area (Å²) in [7, 11) is 0. The number of aliphatic imine (C=N–C) groups is 2. The average Bonchev–Trinajstić information content (AvgIpc) is 3.58. The van der Waals surface area contributed by atoms with Gasteiger partial charge in [-0.2, -0.15) is 0 Å². The number of nitrogens with one attached hydrogen (secondary N) is 1. The van der Waals surface area contributed by atoms with Crippen LogP contribution < -0.4 is 5.32 Å². The van der Waals surface area contributed by atoms with Crippen LogP contribution in [0, 0.1) is 5.92 Å². The molecule has 2 spiro atoms. The lowest BCUT2D eigenvalue weighted by Crippen LogP contribution is -2.36. The third kappa shape index (κ3) is 4.12. The molecular formula is C45H43N3. The van der Waals surface area contributed by atoms with Gasteiger partial charge in [-0.3, -0.25) is 0 Å². The average molecular weight is 626 g/mol. The molecule has 2 fully saturated rings. The normalized spacial score (nSPS) is 25.9. The fourth-order valence-corrected chi connectivity index (χ4v) is 10.8. The van der Waals surface area contributed by atoms with E-state index in [1.807, 2.05) is 0 Å². The summed E-state index contributed by atoms with van der Waals surface area (Å²) < 4.78 is 0. The lowest BCUT2D eigenvalue weighted by molar-refractivity contribution is 0.231. The predicted octanol–water partition coefficient (Wildman–Crippen LogP) is 10.3. The van der Waals surface area contributed by atoms with E-state index in [0.717, 1.165) is 22.8 Å². The van der Waals surface area contributed by atoms with E-state index >= 15 is 0 Å². The third-order valence-corrected chi connectivity index (χ3v) is 12.8. The van der Waals surface area contributed by atoms with Crippen LogP contribution >= 0.6 is 0 Å². The molecule has 6 aliphatic rings. The molecule has 4 aromatic carbocycles. The van der Waals surface area contributed by atoms with Crippen LogP contribution in [0.4, 0.5) is 0 Å². The van der Waals surface area contributed by atoms with E-state index in [4.69, 9.17) is 9.98 Å². The highest BCUT2D eigenvalue weighted by atomic mass is 15.2.